The van der Waals surface area contributed by atoms with E-state index in [0.717, 1.165) is 68.2 Å². The summed E-state index contributed by atoms with van der Waals surface area (Å²) in [5.74, 6) is -1.84. The Labute approximate surface area is 266 Å². The molecule has 2 saturated heterocycles. The van der Waals surface area contributed by atoms with E-state index in [0.29, 0.717) is 30.9 Å². The summed E-state index contributed by atoms with van der Waals surface area (Å²) in [5, 5.41) is 15.4. The Bertz CT molecular complexity index is 1380. The topological polar surface area (TPSA) is 105 Å². The molecule has 3 aromatic rings. The summed E-state index contributed by atoms with van der Waals surface area (Å²) in [6.07, 6.45) is 10.9. The number of aryl methyl sites for hydroxylation is 2. The lowest BCUT2D eigenvalue weighted by atomic mass is 9.81. The summed E-state index contributed by atoms with van der Waals surface area (Å²) < 4.78 is 31.6. The SMILES string of the molecule is C=C(NC(c1cn2nc(C)c(CN3CCCCC3)nc2n1)C1CCC(F)(F)CC1)c1ccnn1CC.CC.O=C1CCCCN1. The maximum Gasteiger partial charge on any atom is 0.251 e. The molecule has 10 nitrogen and oxygen atoms in total. The molecule has 248 valence electrons. The number of carbonyl (C=O) groups is 1. The lowest BCUT2D eigenvalue weighted by Crippen LogP contribution is -2.34. The van der Waals surface area contributed by atoms with Gasteiger partial charge in [0.15, 0.2) is 0 Å². The number of aromatic nitrogens is 6. The van der Waals surface area contributed by atoms with Crippen molar-refractivity contribution >= 4 is 17.4 Å². The summed E-state index contributed by atoms with van der Waals surface area (Å²) in [4.78, 5) is 22.5. The maximum absolute atomic E-state index is 14.0. The Hall–Kier alpha value is -3.41. The van der Waals surface area contributed by atoms with Crippen LogP contribution in [0.3, 0.4) is 0 Å². The quantitative estimate of drug-likeness (QED) is 0.312. The van der Waals surface area contributed by atoms with Gasteiger partial charge in [-0.2, -0.15) is 10.2 Å². The minimum Gasteiger partial charge on any atom is -0.375 e. The smallest absolute Gasteiger partial charge is 0.251 e. The van der Waals surface area contributed by atoms with Gasteiger partial charge in [0.1, 0.15) is 0 Å². The van der Waals surface area contributed by atoms with Crippen molar-refractivity contribution < 1.29 is 13.6 Å². The third-order valence-electron chi connectivity index (χ3n) is 8.78. The fraction of sp³-hybridized carbons (Fsp3) is 0.667. The van der Waals surface area contributed by atoms with Crippen molar-refractivity contribution in [2.75, 3.05) is 19.6 Å². The predicted molar refractivity (Wildman–Crippen MR) is 173 cm³/mol. The molecule has 1 atom stereocenters. The number of piperidine rings is 2. The largest absolute Gasteiger partial charge is 0.375 e. The Morgan fingerprint density at radius 1 is 1.13 bits per heavy atom. The van der Waals surface area contributed by atoms with Crippen molar-refractivity contribution in [3.63, 3.8) is 0 Å². The molecule has 6 rings (SSSR count). The molecule has 1 saturated carbocycles. The standard InChI is InChI=1S/C26H36F2N8.C5H9NO.C2H6/c1-4-35-23(10-13-29-35)19(3)30-24(20-8-11-26(27,28)12-9-20)22-17-36-25(32-22)31-21(18(2)33-36)16-34-14-6-5-7-15-34;7-5-3-1-2-4-6-5;1-2/h10,13,17,20,24,30H,3-9,11-12,14-16H2,1-2H3;1-4H2,(H,6,7);1-2H3. The highest BCUT2D eigenvalue weighted by Gasteiger charge is 2.39. The van der Waals surface area contributed by atoms with Crippen LogP contribution < -0.4 is 10.6 Å². The number of carbonyl (C=O) groups excluding carboxylic acids is 1. The van der Waals surface area contributed by atoms with E-state index in [1.54, 1.807) is 10.7 Å². The Balaban J connectivity index is 0.000000447. The van der Waals surface area contributed by atoms with Crippen LogP contribution in [0.4, 0.5) is 8.78 Å². The number of amides is 1. The van der Waals surface area contributed by atoms with E-state index < -0.39 is 5.92 Å². The summed E-state index contributed by atoms with van der Waals surface area (Å²) in [7, 11) is 0. The highest BCUT2D eigenvalue weighted by Crippen LogP contribution is 2.42. The van der Waals surface area contributed by atoms with Crippen LogP contribution in [0.15, 0.2) is 25.0 Å². The van der Waals surface area contributed by atoms with E-state index >= 15 is 0 Å². The van der Waals surface area contributed by atoms with Gasteiger partial charge in [-0.3, -0.25) is 14.4 Å². The van der Waals surface area contributed by atoms with Crippen molar-refractivity contribution in [3.8, 4) is 0 Å². The molecule has 3 aromatic heterocycles. The zero-order chi connectivity index (χ0) is 32.4. The number of hydrogen-bond acceptors (Lipinski definition) is 7. The molecular weight excluding hydrogens is 576 g/mol. The molecule has 0 aromatic carbocycles. The lowest BCUT2D eigenvalue weighted by Gasteiger charge is -2.34. The first-order valence-corrected chi connectivity index (χ1v) is 16.8. The number of likely N-dealkylation sites (tertiary alicyclic amines) is 1. The highest BCUT2D eigenvalue weighted by atomic mass is 19.3. The van der Waals surface area contributed by atoms with Gasteiger partial charge in [-0.05, 0) is 77.4 Å². The number of halogens is 2. The third kappa shape index (κ3) is 9.31. The van der Waals surface area contributed by atoms with E-state index in [9.17, 15) is 13.6 Å². The van der Waals surface area contributed by atoms with Gasteiger partial charge in [0.05, 0.1) is 40.7 Å². The van der Waals surface area contributed by atoms with Crippen LogP contribution in [0, 0.1) is 12.8 Å². The Morgan fingerprint density at radius 2 is 1.87 bits per heavy atom. The lowest BCUT2D eigenvalue weighted by molar-refractivity contribution is -0.122. The first kappa shape index (κ1) is 34.5. The first-order chi connectivity index (χ1) is 21.7. The average Bonchev–Trinajstić information content (AvgIpc) is 3.69. The van der Waals surface area contributed by atoms with Crippen LogP contribution in [0.1, 0.15) is 114 Å². The minimum absolute atomic E-state index is 0.00166. The molecule has 45 heavy (non-hydrogen) atoms. The van der Waals surface area contributed by atoms with Crippen LogP contribution in [0.25, 0.3) is 11.5 Å². The molecule has 12 heteroatoms. The molecule has 3 aliphatic rings. The zero-order valence-corrected chi connectivity index (χ0v) is 27.5. The monoisotopic (exact) mass is 627 g/mol. The predicted octanol–water partition coefficient (Wildman–Crippen LogP) is 6.07. The van der Waals surface area contributed by atoms with Gasteiger partial charge in [-0.15, -0.1) is 0 Å². The van der Waals surface area contributed by atoms with Gasteiger partial charge in [0, 0.05) is 45.1 Å². The first-order valence-electron chi connectivity index (χ1n) is 16.8. The average molecular weight is 628 g/mol. The molecule has 2 N–H and O–H groups in total. The van der Waals surface area contributed by atoms with Crippen molar-refractivity contribution in [3.05, 3.63) is 47.8 Å². The number of hydrogen-bond donors (Lipinski definition) is 2. The van der Waals surface area contributed by atoms with Gasteiger partial charge in [0.25, 0.3) is 5.78 Å². The van der Waals surface area contributed by atoms with Crippen LogP contribution in [-0.4, -0.2) is 65.7 Å². The second kappa shape index (κ2) is 16.2. The Morgan fingerprint density at radius 3 is 2.49 bits per heavy atom. The number of fused-ring (bicyclic) bond motifs is 1. The highest BCUT2D eigenvalue weighted by molar-refractivity contribution is 5.76. The van der Waals surface area contributed by atoms with Crippen LogP contribution in [-0.2, 0) is 17.9 Å². The molecule has 5 heterocycles. The fourth-order valence-corrected chi connectivity index (χ4v) is 6.24. The third-order valence-corrected chi connectivity index (χ3v) is 8.78. The summed E-state index contributed by atoms with van der Waals surface area (Å²) in [5.41, 5.74) is 4.16. The van der Waals surface area contributed by atoms with Crippen LogP contribution >= 0.6 is 0 Å². The molecule has 0 spiro atoms. The van der Waals surface area contributed by atoms with E-state index in [4.69, 9.17) is 15.1 Å². The molecule has 1 unspecified atom stereocenters. The second-order valence-corrected chi connectivity index (χ2v) is 12.0. The van der Waals surface area contributed by atoms with Gasteiger partial charge >= 0.3 is 0 Å². The van der Waals surface area contributed by atoms with Crippen molar-refractivity contribution in [1.29, 1.82) is 0 Å². The van der Waals surface area contributed by atoms with Crippen LogP contribution in [0.2, 0.25) is 0 Å². The maximum atomic E-state index is 14.0. The van der Waals surface area contributed by atoms with Crippen molar-refractivity contribution in [2.45, 2.75) is 117 Å². The molecule has 3 fully saturated rings. The Kier molecular flexibility index (Phi) is 12.4. The molecule has 2 aliphatic heterocycles. The summed E-state index contributed by atoms with van der Waals surface area (Å²) >= 11 is 0. The van der Waals surface area contributed by atoms with Gasteiger partial charge in [-0.25, -0.2) is 23.3 Å². The molecule has 1 amide bonds. The molecular formula is C33H51F2N9O. The number of nitrogens with one attached hydrogen (secondary N) is 2. The van der Waals surface area contributed by atoms with E-state index in [1.807, 2.05) is 44.6 Å². The summed E-state index contributed by atoms with van der Waals surface area (Å²) in [6, 6.07) is 1.64. The summed E-state index contributed by atoms with van der Waals surface area (Å²) in [6.45, 7) is 16.8. The molecule has 0 radical (unpaired) electrons. The number of nitrogens with zero attached hydrogens (tertiary/aromatic N) is 7. The molecule has 1 aliphatic carbocycles. The van der Waals surface area contributed by atoms with Crippen molar-refractivity contribution in [1.82, 2.24) is 44.9 Å². The molecule has 0 bridgehead atoms. The van der Waals surface area contributed by atoms with E-state index in [-0.39, 0.29) is 30.7 Å². The minimum atomic E-state index is -2.60. The number of imidazole rings is 1. The van der Waals surface area contributed by atoms with Gasteiger partial charge in [-0.1, -0.05) is 26.8 Å². The fourth-order valence-electron chi connectivity index (χ4n) is 6.24. The number of alkyl halides is 2. The zero-order valence-electron chi connectivity index (χ0n) is 27.5. The van der Waals surface area contributed by atoms with E-state index in [1.165, 1.54) is 19.3 Å². The van der Waals surface area contributed by atoms with Gasteiger partial charge < -0.3 is 10.6 Å². The van der Waals surface area contributed by atoms with E-state index in [2.05, 4.69) is 27.2 Å². The normalized spacial score (nSPS) is 19.5. The van der Waals surface area contributed by atoms with Crippen LogP contribution in [0.5, 0.6) is 0 Å². The van der Waals surface area contributed by atoms with Gasteiger partial charge in [0.2, 0.25) is 11.8 Å². The van der Waals surface area contributed by atoms with Crippen molar-refractivity contribution in [2.24, 2.45) is 5.92 Å². The second-order valence-electron chi connectivity index (χ2n) is 12.0. The number of rotatable bonds is 8.